The molecular weight excluding hydrogens is 316 g/mol. The van der Waals surface area contributed by atoms with Gasteiger partial charge in [-0.1, -0.05) is 41.9 Å². The van der Waals surface area contributed by atoms with Gasteiger partial charge in [0.1, 0.15) is 0 Å². The number of benzene rings is 1. The van der Waals surface area contributed by atoms with Gasteiger partial charge in [0.15, 0.2) is 0 Å². The molecule has 0 spiro atoms. The Bertz CT molecular complexity index is 509. The van der Waals surface area contributed by atoms with Crippen LogP contribution in [0.5, 0.6) is 0 Å². The summed E-state index contributed by atoms with van der Waals surface area (Å²) in [6, 6.07) is 8.10. The van der Waals surface area contributed by atoms with Gasteiger partial charge in [0.05, 0.1) is 5.41 Å². The van der Waals surface area contributed by atoms with Crippen molar-refractivity contribution >= 4 is 21.8 Å². The van der Waals surface area contributed by atoms with Crippen molar-refractivity contribution in [3.63, 3.8) is 0 Å². The van der Waals surface area contributed by atoms with E-state index in [0.29, 0.717) is 13.1 Å². The lowest BCUT2D eigenvalue weighted by Crippen LogP contribution is -2.44. The van der Waals surface area contributed by atoms with E-state index in [9.17, 15) is 4.79 Å². The van der Waals surface area contributed by atoms with Crippen molar-refractivity contribution in [2.24, 2.45) is 11.1 Å². The molecule has 0 aliphatic heterocycles. The quantitative estimate of drug-likeness (QED) is 0.897. The van der Waals surface area contributed by atoms with Crippen LogP contribution in [0.15, 0.2) is 28.7 Å². The summed E-state index contributed by atoms with van der Waals surface area (Å²) in [5, 5.41) is 0. The van der Waals surface area contributed by atoms with Gasteiger partial charge < -0.3 is 10.6 Å². The molecule has 0 atom stereocenters. The maximum atomic E-state index is 12.8. The van der Waals surface area contributed by atoms with Crippen LogP contribution in [0.3, 0.4) is 0 Å². The number of rotatable bonds is 5. The van der Waals surface area contributed by atoms with Crippen LogP contribution >= 0.6 is 15.9 Å². The van der Waals surface area contributed by atoms with E-state index >= 15 is 0 Å². The molecule has 0 unspecified atom stereocenters. The van der Waals surface area contributed by atoms with E-state index < -0.39 is 0 Å². The second-order valence-electron chi connectivity index (χ2n) is 6.62. The SMILES string of the molecule is CN(CC(C)(C)CN)C(=O)C1(c2cccc(Br)c2)CC1. The van der Waals surface area contributed by atoms with Crippen LogP contribution in [0.2, 0.25) is 0 Å². The zero-order chi connectivity index (χ0) is 15.0. The molecule has 1 aliphatic carbocycles. The molecule has 0 aromatic heterocycles. The second kappa shape index (κ2) is 5.49. The third-order valence-electron chi connectivity index (χ3n) is 4.10. The molecule has 20 heavy (non-hydrogen) atoms. The Hall–Kier alpha value is -0.870. The van der Waals surface area contributed by atoms with E-state index in [1.807, 2.05) is 24.1 Å². The third-order valence-corrected chi connectivity index (χ3v) is 4.59. The number of halogens is 1. The first-order chi connectivity index (χ1) is 9.31. The standard InChI is InChI=1S/C16H23BrN2O/c1-15(2,10-18)11-19(3)14(20)16(7-8-16)12-5-4-6-13(17)9-12/h4-6,9H,7-8,10-11,18H2,1-3H3. The molecule has 0 saturated heterocycles. The summed E-state index contributed by atoms with van der Waals surface area (Å²) in [5.41, 5.74) is 6.54. The molecule has 0 radical (unpaired) electrons. The number of hydrogen-bond donors (Lipinski definition) is 1. The topological polar surface area (TPSA) is 46.3 Å². The Morgan fingerprint density at radius 3 is 2.60 bits per heavy atom. The van der Waals surface area contributed by atoms with E-state index in [-0.39, 0.29) is 16.7 Å². The molecule has 1 amide bonds. The molecule has 110 valence electrons. The number of likely N-dealkylation sites (N-methyl/N-ethyl adjacent to an activating group) is 1. The Kier molecular flexibility index (Phi) is 4.26. The predicted molar refractivity (Wildman–Crippen MR) is 85.5 cm³/mol. The van der Waals surface area contributed by atoms with Crippen molar-refractivity contribution in [1.82, 2.24) is 4.90 Å². The largest absolute Gasteiger partial charge is 0.344 e. The highest BCUT2D eigenvalue weighted by molar-refractivity contribution is 9.10. The first kappa shape index (κ1) is 15.5. The molecule has 2 N–H and O–H groups in total. The fourth-order valence-corrected chi connectivity index (χ4v) is 3.08. The summed E-state index contributed by atoms with van der Waals surface area (Å²) >= 11 is 3.49. The molecule has 0 heterocycles. The first-order valence-corrected chi connectivity index (χ1v) is 7.82. The van der Waals surface area contributed by atoms with E-state index in [2.05, 4.69) is 41.9 Å². The van der Waals surface area contributed by atoms with Crippen LogP contribution in [0.25, 0.3) is 0 Å². The lowest BCUT2D eigenvalue weighted by atomic mass is 9.90. The van der Waals surface area contributed by atoms with Crippen molar-refractivity contribution in [1.29, 1.82) is 0 Å². The monoisotopic (exact) mass is 338 g/mol. The fourth-order valence-electron chi connectivity index (χ4n) is 2.68. The van der Waals surface area contributed by atoms with Crippen molar-refractivity contribution in [3.05, 3.63) is 34.3 Å². The van der Waals surface area contributed by atoms with Gasteiger partial charge in [-0.05, 0) is 42.5 Å². The molecule has 1 saturated carbocycles. The molecule has 1 fully saturated rings. The van der Waals surface area contributed by atoms with Crippen LogP contribution < -0.4 is 5.73 Å². The second-order valence-corrected chi connectivity index (χ2v) is 7.54. The van der Waals surface area contributed by atoms with E-state index in [1.165, 1.54) is 0 Å². The van der Waals surface area contributed by atoms with E-state index in [1.54, 1.807) is 0 Å². The van der Waals surface area contributed by atoms with Crippen LogP contribution in [0.1, 0.15) is 32.3 Å². The Balaban J connectivity index is 2.16. The zero-order valence-corrected chi connectivity index (χ0v) is 14.0. The van der Waals surface area contributed by atoms with Gasteiger partial charge in [0.25, 0.3) is 0 Å². The van der Waals surface area contributed by atoms with Crippen molar-refractivity contribution in [2.45, 2.75) is 32.1 Å². The number of nitrogens with two attached hydrogens (primary N) is 1. The summed E-state index contributed by atoms with van der Waals surface area (Å²) in [6.07, 6.45) is 1.88. The van der Waals surface area contributed by atoms with Crippen molar-refractivity contribution in [2.75, 3.05) is 20.1 Å². The average Bonchev–Trinajstić information content (AvgIpc) is 3.19. The maximum absolute atomic E-state index is 12.8. The molecular formula is C16H23BrN2O. The van der Waals surface area contributed by atoms with Gasteiger partial charge in [-0.25, -0.2) is 0 Å². The molecule has 0 bridgehead atoms. The molecule has 4 heteroatoms. The van der Waals surface area contributed by atoms with Crippen molar-refractivity contribution in [3.8, 4) is 0 Å². The predicted octanol–water partition coefficient (Wildman–Crippen LogP) is 2.92. The number of carbonyl (C=O) groups excluding carboxylic acids is 1. The first-order valence-electron chi connectivity index (χ1n) is 7.02. The smallest absolute Gasteiger partial charge is 0.232 e. The minimum absolute atomic E-state index is 0.0439. The summed E-state index contributed by atoms with van der Waals surface area (Å²) in [7, 11) is 1.89. The molecule has 2 rings (SSSR count). The van der Waals surface area contributed by atoms with Gasteiger partial charge in [-0.3, -0.25) is 4.79 Å². The number of amides is 1. The zero-order valence-electron chi connectivity index (χ0n) is 12.4. The Morgan fingerprint density at radius 2 is 2.10 bits per heavy atom. The molecule has 1 aromatic carbocycles. The van der Waals surface area contributed by atoms with Gasteiger partial charge in [0, 0.05) is 18.1 Å². The van der Waals surface area contributed by atoms with Gasteiger partial charge in [0.2, 0.25) is 5.91 Å². The van der Waals surface area contributed by atoms with Gasteiger partial charge >= 0.3 is 0 Å². The highest BCUT2D eigenvalue weighted by Gasteiger charge is 2.52. The van der Waals surface area contributed by atoms with Crippen LogP contribution in [-0.4, -0.2) is 30.9 Å². The molecule has 1 aliphatic rings. The third kappa shape index (κ3) is 3.07. The average molecular weight is 339 g/mol. The normalized spacial score (nSPS) is 16.9. The lowest BCUT2D eigenvalue weighted by molar-refractivity contribution is -0.133. The number of nitrogens with zero attached hydrogens (tertiary/aromatic N) is 1. The fraction of sp³-hybridized carbons (Fsp3) is 0.562. The lowest BCUT2D eigenvalue weighted by Gasteiger charge is -2.31. The highest BCUT2D eigenvalue weighted by Crippen LogP contribution is 2.50. The van der Waals surface area contributed by atoms with E-state index in [4.69, 9.17) is 5.73 Å². The Morgan fingerprint density at radius 1 is 1.45 bits per heavy atom. The van der Waals surface area contributed by atoms with Gasteiger partial charge in [-0.2, -0.15) is 0 Å². The number of hydrogen-bond acceptors (Lipinski definition) is 2. The number of carbonyl (C=O) groups is 1. The summed E-state index contributed by atoms with van der Waals surface area (Å²) in [5.74, 6) is 0.220. The van der Waals surface area contributed by atoms with Crippen LogP contribution in [0, 0.1) is 5.41 Å². The summed E-state index contributed by atoms with van der Waals surface area (Å²) < 4.78 is 1.03. The molecule has 1 aromatic rings. The van der Waals surface area contributed by atoms with Crippen molar-refractivity contribution < 1.29 is 4.79 Å². The minimum atomic E-state index is -0.302. The highest BCUT2D eigenvalue weighted by atomic mass is 79.9. The minimum Gasteiger partial charge on any atom is -0.344 e. The van der Waals surface area contributed by atoms with Crippen LogP contribution in [-0.2, 0) is 10.2 Å². The summed E-state index contributed by atoms with van der Waals surface area (Å²) in [6.45, 7) is 5.46. The van der Waals surface area contributed by atoms with Gasteiger partial charge in [-0.15, -0.1) is 0 Å². The Labute approximate surface area is 129 Å². The van der Waals surface area contributed by atoms with E-state index in [0.717, 1.165) is 22.9 Å². The maximum Gasteiger partial charge on any atom is 0.232 e. The van der Waals surface area contributed by atoms with Crippen LogP contribution in [0.4, 0.5) is 0 Å². The molecule has 3 nitrogen and oxygen atoms in total. The summed E-state index contributed by atoms with van der Waals surface area (Å²) in [4.78, 5) is 14.7.